The van der Waals surface area contributed by atoms with Crippen LogP contribution in [0.3, 0.4) is 0 Å². The van der Waals surface area contributed by atoms with E-state index in [2.05, 4.69) is 20.9 Å². The number of para-hydroxylation sites is 1. The number of fused-ring (bicyclic) bond motifs is 1. The molecule has 0 fully saturated rings. The van der Waals surface area contributed by atoms with Gasteiger partial charge in [-0.15, -0.1) is 0 Å². The van der Waals surface area contributed by atoms with Crippen LogP contribution in [0, 0.1) is 5.92 Å². The molecule has 0 saturated carbocycles. The average Bonchev–Trinajstić information content (AvgIpc) is 3.18. The van der Waals surface area contributed by atoms with E-state index in [0.717, 1.165) is 10.9 Å². The molecule has 0 spiro atoms. The fourth-order valence-electron chi connectivity index (χ4n) is 3.41. The molecule has 3 atom stereocenters. The van der Waals surface area contributed by atoms with Crippen molar-refractivity contribution in [1.29, 1.82) is 0 Å². The molecule has 0 aliphatic rings. The Balaban J connectivity index is 2.32. The molecular formula is C22H29N5O7. The first kappa shape index (κ1) is 26.3. The van der Waals surface area contributed by atoms with E-state index in [1.807, 2.05) is 18.2 Å². The van der Waals surface area contributed by atoms with Gasteiger partial charge in [0, 0.05) is 23.5 Å². The highest BCUT2D eigenvalue weighted by Crippen LogP contribution is 2.19. The standard InChI is InChI=1S/C22H29N5O7/c1-11(2)19(27-17(28)9-23)21(32)25-15(20(31)26-16(22(33)34)8-18(29)30)7-12-10-24-14-6-4-3-5-13(12)14/h3-6,10-11,15-16,19,24H,7-9,23H2,1-2H3,(H,25,32)(H,26,31)(H,27,28)(H,29,30)(H,33,34). The van der Waals surface area contributed by atoms with Gasteiger partial charge in [-0.1, -0.05) is 32.0 Å². The van der Waals surface area contributed by atoms with Crippen molar-refractivity contribution in [2.75, 3.05) is 6.54 Å². The fraction of sp³-hybridized carbons (Fsp3) is 0.409. The van der Waals surface area contributed by atoms with Crippen molar-refractivity contribution >= 4 is 40.6 Å². The van der Waals surface area contributed by atoms with Crippen LogP contribution in [0.25, 0.3) is 10.9 Å². The Labute approximate surface area is 195 Å². The summed E-state index contributed by atoms with van der Waals surface area (Å²) in [6.07, 6.45) is 0.811. The summed E-state index contributed by atoms with van der Waals surface area (Å²) in [4.78, 5) is 63.2. The molecule has 3 unspecified atom stereocenters. The third-order valence-electron chi connectivity index (χ3n) is 5.18. The number of carboxylic acid groups (broad SMARTS) is 2. The summed E-state index contributed by atoms with van der Waals surface area (Å²) in [5.74, 6) is -5.37. The predicted octanol–water partition coefficient (Wildman–Crippen LogP) is -0.661. The highest BCUT2D eigenvalue weighted by molar-refractivity contribution is 5.95. The summed E-state index contributed by atoms with van der Waals surface area (Å²) in [5.41, 5.74) is 6.79. The lowest BCUT2D eigenvalue weighted by atomic mass is 10.0. The smallest absolute Gasteiger partial charge is 0.326 e. The van der Waals surface area contributed by atoms with Gasteiger partial charge >= 0.3 is 11.9 Å². The summed E-state index contributed by atoms with van der Waals surface area (Å²) in [7, 11) is 0. The number of carbonyl (C=O) groups excluding carboxylic acids is 3. The molecule has 0 radical (unpaired) electrons. The predicted molar refractivity (Wildman–Crippen MR) is 122 cm³/mol. The molecule has 12 nitrogen and oxygen atoms in total. The minimum absolute atomic E-state index is 0.0172. The van der Waals surface area contributed by atoms with Gasteiger partial charge in [0.15, 0.2) is 0 Å². The van der Waals surface area contributed by atoms with Crippen molar-refractivity contribution in [2.45, 2.75) is 44.8 Å². The second-order valence-corrected chi connectivity index (χ2v) is 8.12. The first-order valence-corrected chi connectivity index (χ1v) is 10.6. The van der Waals surface area contributed by atoms with Gasteiger partial charge in [0.25, 0.3) is 0 Å². The molecule has 1 aromatic heterocycles. The first-order valence-electron chi connectivity index (χ1n) is 10.6. The van der Waals surface area contributed by atoms with Gasteiger partial charge in [-0.2, -0.15) is 0 Å². The van der Waals surface area contributed by atoms with Gasteiger partial charge < -0.3 is 36.9 Å². The molecule has 1 aromatic carbocycles. The van der Waals surface area contributed by atoms with Crippen molar-refractivity contribution in [3.05, 3.63) is 36.0 Å². The van der Waals surface area contributed by atoms with Crippen LogP contribution in [0.15, 0.2) is 30.5 Å². The van der Waals surface area contributed by atoms with Crippen molar-refractivity contribution in [3.8, 4) is 0 Å². The minimum Gasteiger partial charge on any atom is -0.481 e. The van der Waals surface area contributed by atoms with Crippen LogP contribution < -0.4 is 21.7 Å². The third-order valence-corrected chi connectivity index (χ3v) is 5.18. The first-order chi connectivity index (χ1) is 16.0. The second-order valence-electron chi connectivity index (χ2n) is 8.12. The normalized spacial score (nSPS) is 13.6. The number of H-pyrrole nitrogens is 1. The SMILES string of the molecule is CC(C)C(NC(=O)CN)C(=O)NC(Cc1c[nH]c2ccccc12)C(=O)NC(CC(=O)O)C(=O)O. The molecule has 0 aliphatic heterocycles. The van der Waals surface area contributed by atoms with Crippen molar-refractivity contribution < 1.29 is 34.2 Å². The quantitative estimate of drug-likeness (QED) is 0.209. The summed E-state index contributed by atoms with van der Waals surface area (Å²) in [6, 6.07) is 3.34. The van der Waals surface area contributed by atoms with E-state index in [-0.39, 0.29) is 18.9 Å². The molecular weight excluding hydrogens is 446 g/mol. The number of carbonyl (C=O) groups is 5. The largest absolute Gasteiger partial charge is 0.481 e. The van der Waals surface area contributed by atoms with E-state index in [4.69, 9.17) is 10.8 Å². The molecule has 12 heteroatoms. The molecule has 0 bridgehead atoms. The molecule has 2 aromatic rings. The number of rotatable bonds is 12. The average molecular weight is 476 g/mol. The minimum atomic E-state index is -1.69. The van der Waals surface area contributed by atoms with Crippen molar-refractivity contribution in [3.63, 3.8) is 0 Å². The van der Waals surface area contributed by atoms with Gasteiger partial charge in [-0.05, 0) is 17.5 Å². The van der Waals surface area contributed by atoms with Crippen molar-refractivity contribution in [1.82, 2.24) is 20.9 Å². The van der Waals surface area contributed by atoms with Gasteiger partial charge in [0.05, 0.1) is 13.0 Å². The summed E-state index contributed by atoms with van der Waals surface area (Å²) in [6.45, 7) is 3.07. The lowest BCUT2D eigenvalue weighted by Gasteiger charge is -2.26. The molecule has 184 valence electrons. The number of hydrogen-bond donors (Lipinski definition) is 7. The van der Waals surface area contributed by atoms with E-state index in [1.165, 1.54) is 0 Å². The maximum atomic E-state index is 13.0. The van der Waals surface area contributed by atoms with Gasteiger partial charge in [0.2, 0.25) is 17.7 Å². The molecule has 0 saturated heterocycles. The Morgan fingerprint density at radius 2 is 1.62 bits per heavy atom. The lowest BCUT2D eigenvalue weighted by Crippen LogP contribution is -2.58. The van der Waals surface area contributed by atoms with Crippen LogP contribution in [0.5, 0.6) is 0 Å². The lowest BCUT2D eigenvalue weighted by molar-refractivity contribution is -0.147. The number of nitrogens with one attached hydrogen (secondary N) is 4. The zero-order valence-electron chi connectivity index (χ0n) is 18.8. The fourth-order valence-corrected chi connectivity index (χ4v) is 3.41. The highest BCUT2D eigenvalue weighted by Gasteiger charge is 2.32. The van der Waals surface area contributed by atoms with Crippen LogP contribution >= 0.6 is 0 Å². The maximum Gasteiger partial charge on any atom is 0.326 e. The second kappa shape index (κ2) is 11.8. The molecule has 3 amide bonds. The topological polar surface area (TPSA) is 204 Å². The molecule has 8 N–H and O–H groups in total. The number of nitrogens with two attached hydrogens (primary N) is 1. The van der Waals surface area contributed by atoms with Gasteiger partial charge in [-0.3, -0.25) is 19.2 Å². The number of carboxylic acids is 2. The molecule has 1 heterocycles. The molecule has 2 rings (SSSR count). The number of hydrogen-bond acceptors (Lipinski definition) is 6. The molecule has 34 heavy (non-hydrogen) atoms. The number of aliphatic carboxylic acids is 2. The van der Waals surface area contributed by atoms with Crippen molar-refractivity contribution in [2.24, 2.45) is 11.7 Å². The van der Waals surface area contributed by atoms with E-state index < -0.39 is 54.2 Å². The van der Waals surface area contributed by atoms with E-state index in [0.29, 0.717) is 5.56 Å². The van der Waals surface area contributed by atoms with Crippen LogP contribution in [-0.4, -0.2) is 69.5 Å². The van der Waals surface area contributed by atoms with Crippen LogP contribution in [0.2, 0.25) is 0 Å². The van der Waals surface area contributed by atoms with Crippen LogP contribution in [0.4, 0.5) is 0 Å². The molecule has 0 aliphatic carbocycles. The number of aromatic amines is 1. The van der Waals surface area contributed by atoms with Crippen LogP contribution in [0.1, 0.15) is 25.8 Å². The number of amides is 3. The highest BCUT2D eigenvalue weighted by atomic mass is 16.4. The van der Waals surface area contributed by atoms with Crippen LogP contribution in [-0.2, 0) is 30.4 Å². The zero-order valence-corrected chi connectivity index (χ0v) is 18.8. The Bertz CT molecular complexity index is 1060. The summed E-state index contributed by atoms with van der Waals surface area (Å²) < 4.78 is 0. The number of aromatic nitrogens is 1. The Morgan fingerprint density at radius 1 is 0.971 bits per heavy atom. The monoisotopic (exact) mass is 475 g/mol. The Kier molecular flexibility index (Phi) is 9.13. The van der Waals surface area contributed by atoms with Gasteiger partial charge in [-0.25, -0.2) is 4.79 Å². The van der Waals surface area contributed by atoms with Gasteiger partial charge in [0.1, 0.15) is 18.1 Å². The summed E-state index contributed by atoms with van der Waals surface area (Å²) >= 11 is 0. The Hall–Kier alpha value is -3.93. The van der Waals surface area contributed by atoms with E-state index >= 15 is 0 Å². The zero-order chi connectivity index (χ0) is 25.4. The van der Waals surface area contributed by atoms with E-state index in [9.17, 15) is 29.1 Å². The Morgan fingerprint density at radius 3 is 2.21 bits per heavy atom. The number of benzene rings is 1. The third kappa shape index (κ3) is 7.04. The summed E-state index contributed by atoms with van der Waals surface area (Å²) in [5, 5.41) is 26.3. The van der Waals surface area contributed by atoms with E-state index in [1.54, 1.807) is 26.1 Å². The maximum absolute atomic E-state index is 13.0.